The van der Waals surface area contributed by atoms with E-state index in [4.69, 9.17) is 4.98 Å². The third-order valence-corrected chi connectivity index (χ3v) is 3.94. The average Bonchev–Trinajstić information content (AvgIpc) is 2.52. The van der Waals surface area contributed by atoms with E-state index < -0.39 is 0 Å². The van der Waals surface area contributed by atoms with E-state index in [1.165, 1.54) is 12.1 Å². The van der Waals surface area contributed by atoms with Gasteiger partial charge in [0.05, 0.1) is 11.4 Å². The third-order valence-electron chi connectivity index (χ3n) is 3.76. The van der Waals surface area contributed by atoms with Crippen molar-refractivity contribution in [2.45, 2.75) is 46.0 Å². The minimum atomic E-state index is -0.242. The molecule has 0 N–H and O–H groups in total. The number of aromatic nitrogens is 2. The molecule has 2 aromatic rings. The van der Waals surface area contributed by atoms with Crippen LogP contribution in [0.3, 0.4) is 0 Å². The van der Waals surface area contributed by atoms with E-state index >= 15 is 0 Å². The van der Waals surface area contributed by atoms with Gasteiger partial charge in [-0.15, -0.1) is 0 Å². The minimum Gasteiger partial charge on any atom is -0.290 e. The van der Waals surface area contributed by atoms with Crippen LogP contribution in [0.2, 0.25) is 0 Å². The lowest BCUT2D eigenvalue weighted by atomic mass is 9.95. The van der Waals surface area contributed by atoms with Crippen molar-refractivity contribution in [3.8, 4) is 11.3 Å². The highest BCUT2D eigenvalue weighted by molar-refractivity contribution is 7.81. The number of anilines is 1. The Balaban J connectivity index is 2.66. The maximum Gasteiger partial charge on any atom is 0.235 e. The summed E-state index contributed by atoms with van der Waals surface area (Å²) < 4.78 is 14.9. The van der Waals surface area contributed by atoms with E-state index in [0.29, 0.717) is 5.95 Å². The predicted octanol–water partition coefficient (Wildman–Crippen LogP) is 5.03. The van der Waals surface area contributed by atoms with Gasteiger partial charge in [0, 0.05) is 18.2 Å². The monoisotopic (exact) mass is 333 g/mol. The van der Waals surface area contributed by atoms with E-state index in [1.807, 2.05) is 7.05 Å². The first kappa shape index (κ1) is 17.7. The summed E-state index contributed by atoms with van der Waals surface area (Å²) in [4.78, 5) is 9.38. The molecule has 0 saturated heterocycles. The second kappa shape index (κ2) is 7.77. The predicted molar refractivity (Wildman–Crippen MR) is 97.5 cm³/mol. The number of rotatable bonds is 6. The van der Waals surface area contributed by atoms with Crippen molar-refractivity contribution in [3.05, 3.63) is 41.3 Å². The first-order chi connectivity index (χ1) is 10.9. The highest BCUT2D eigenvalue weighted by Crippen LogP contribution is 2.31. The zero-order chi connectivity index (χ0) is 17.0. The van der Waals surface area contributed by atoms with Crippen LogP contribution >= 0.6 is 12.8 Å². The molecule has 2 rings (SSSR count). The summed E-state index contributed by atoms with van der Waals surface area (Å²) in [5.74, 6) is 0.612. The maximum atomic E-state index is 13.3. The Morgan fingerprint density at radius 3 is 2.35 bits per heavy atom. The lowest BCUT2D eigenvalue weighted by Gasteiger charge is -2.19. The minimum absolute atomic E-state index is 0.242. The lowest BCUT2D eigenvalue weighted by molar-refractivity contribution is 0.628. The Morgan fingerprint density at radius 1 is 1.17 bits per heavy atom. The smallest absolute Gasteiger partial charge is 0.235 e. The van der Waals surface area contributed by atoms with Gasteiger partial charge in [0.2, 0.25) is 5.95 Å². The fraction of sp³-hybridized carbons (Fsp3) is 0.444. The zero-order valence-corrected chi connectivity index (χ0v) is 15.1. The molecule has 0 unspecified atom stereocenters. The van der Waals surface area contributed by atoms with E-state index in [9.17, 15) is 4.39 Å². The van der Waals surface area contributed by atoms with Crippen molar-refractivity contribution < 1.29 is 4.39 Å². The van der Waals surface area contributed by atoms with Gasteiger partial charge in [-0.1, -0.05) is 40.0 Å². The number of benzene rings is 1. The van der Waals surface area contributed by atoms with Crippen LogP contribution in [0.1, 0.15) is 50.8 Å². The van der Waals surface area contributed by atoms with Gasteiger partial charge in [-0.25, -0.2) is 14.4 Å². The quantitative estimate of drug-likeness (QED) is 0.752. The number of halogens is 1. The summed E-state index contributed by atoms with van der Waals surface area (Å²) >= 11 is 4.33. The molecule has 0 radical (unpaired) electrons. The molecule has 5 heteroatoms. The molecular formula is C18H24FN3S. The Bertz CT molecular complexity index is 654. The van der Waals surface area contributed by atoms with Gasteiger partial charge in [0.25, 0.3) is 0 Å². The fourth-order valence-corrected chi connectivity index (χ4v) is 2.65. The van der Waals surface area contributed by atoms with Crippen molar-refractivity contribution in [3.63, 3.8) is 0 Å². The van der Waals surface area contributed by atoms with Gasteiger partial charge in [0.15, 0.2) is 0 Å². The molecule has 0 bridgehead atoms. The molecular weight excluding hydrogens is 309 g/mol. The van der Waals surface area contributed by atoms with Gasteiger partial charge in [0.1, 0.15) is 5.82 Å². The normalized spacial score (nSPS) is 11.1. The largest absolute Gasteiger partial charge is 0.290 e. The number of hydrogen-bond acceptors (Lipinski definition) is 4. The molecule has 0 aliphatic heterocycles. The molecule has 1 aromatic carbocycles. The molecule has 0 aliphatic rings. The summed E-state index contributed by atoms with van der Waals surface area (Å²) in [5, 5.41) is 0. The van der Waals surface area contributed by atoms with Gasteiger partial charge in [-0.3, -0.25) is 4.31 Å². The van der Waals surface area contributed by atoms with E-state index in [0.717, 1.165) is 41.8 Å². The summed E-state index contributed by atoms with van der Waals surface area (Å²) in [6, 6.07) is 6.50. The zero-order valence-electron chi connectivity index (χ0n) is 14.2. The maximum absolute atomic E-state index is 13.3. The van der Waals surface area contributed by atoms with E-state index in [-0.39, 0.29) is 11.7 Å². The second-order valence-electron chi connectivity index (χ2n) is 6.02. The van der Waals surface area contributed by atoms with Crippen molar-refractivity contribution in [1.82, 2.24) is 9.97 Å². The summed E-state index contributed by atoms with van der Waals surface area (Å²) in [6.07, 6.45) is 3.11. The number of thiol groups is 1. The van der Waals surface area contributed by atoms with Crippen LogP contribution in [0.4, 0.5) is 10.3 Å². The van der Waals surface area contributed by atoms with Crippen molar-refractivity contribution in [1.29, 1.82) is 0 Å². The van der Waals surface area contributed by atoms with Gasteiger partial charge in [-0.05, 0) is 43.0 Å². The Labute approximate surface area is 143 Å². The van der Waals surface area contributed by atoms with Crippen molar-refractivity contribution >= 4 is 18.8 Å². The van der Waals surface area contributed by atoms with E-state index in [2.05, 4.69) is 38.6 Å². The topological polar surface area (TPSA) is 29.0 Å². The molecule has 124 valence electrons. The molecule has 0 fully saturated rings. The van der Waals surface area contributed by atoms with Crippen LogP contribution < -0.4 is 4.31 Å². The Kier molecular flexibility index (Phi) is 5.99. The lowest BCUT2D eigenvalue weighted by Crippen LogP contribution is -2.13. The van der Waals surface area contributed by atoms with Crippen LogP contribution in [-0.2, 0) is 6.42 Å². The first-order valence-corrected chi connectivity index (χ1v) is 8.43. The molecule has 0 atom stereocenters. The number of unbranched alkanes of at least 4 members (excludes halogenated alkanes) is 1. The first-order valence-electron chi connectivity index (χ1n) is 8.03. The second-order valence-corrected chi connectivity index (χ2v) is 6.62. The molecule has 23 heavy (non-hydrogen) atoms. The van der Waals surface area contributed by atoms with Crippen LogP contribution in [0.5, 0.6) is 0 Å². The van der Waals surface area contributed by atoms with Crippen molar-refractivity contribution in [2.24, 2.45) is 0 Å². The molecule has 0 amide bonds. The highest BCUT2D eigenvalue weighted by atomic mass is 32.1. The van der Waals surface area contributed by atoms with Crippen molar-refractivity contribution in [2.75, 3.05) is 11.4 Å². The van der Waals surface area contributed by atoms with Crippen LogP contribution in [0, 0.1) is 5.82 Å². The SMILES string of the molecule is CCCCc1c(-c2ccc(F)cc2)nc(N(C)S)nc1C(C)C. The standard InChI is InChI=1S/C18H24FN3S/c1-5-6-7-15-16(12(2)3)20-18(22(4)23)21-17(15)13-8-10-14(19)11-9-13/h8-12,23H,5-7H2,1-4H3. The van der Waals surface area contributed by atoms with E-state index in [1.54, 1.807) is 16.4 Å². The number of nitrogens with zero attached hydrogens (tertiary/aromatic N) is 3. The van der Waals surface area contributed by atoms with Gasteiger partial charge < -0.3 is 0 Å². The molecule has 0 saturated carbocycles. The fourth-order valence-electron chi connectivity index (χ4n) is 2.56. The summed E-state index contributed by atoms with van der Waals surface area (Å²) in [5.41, 5.74) is 4.00. The number of hydrogen-bond donors (Lipinski definition) is 1. The van der Waals surface area contributed by atoms with Crippen LogP contribution in [-0.4, -0.2) is 17.0 Å². The summed E-state index contributed by atoms with van der Waals surface area (Å²) in [7, 11) is 1.81. The Hall–Kier alpha value is -1.62. The summed E-state index contributed by atoms with van der Waals surface area (Å²) in [6.45, 7) is 6.44. The molecule has 0 spiro atoms. The van der Waals surface area contributed by atoms with Gasteiger partial charge in [-0.2, -0.15) is 0 Å². The van der Waals surface area contributed by atoms with Gasteiger partial charge >= 0.3 is 0 Å². The van der Waals surface area contributed by atoms with Crippen LogP contribution in [0.25, 0.3) is 11.3 Å². The highest BCUT2D eigenvalue weighted by Gasteiger charge is 2.18. The molecule has 1 aromatic heterocycles. The Morgan fingerprint density at radius 2 is 1.83 bits per heavy atom. The molecule has 1 heterocycles. The average molecular weight is 333 g/mol. The van der Waals surface area contributed by atoms with Crippen LogP contribution in [0.15, 0.2) is 24.3 Å². The molecule has 3 nitrogen and oxygen atoms in total. The third kappa shape index (κ3) is 4.22. The molecule has 0 aliphatic carbocycles.